The molecule has 0 aliphatic heterocycles. The fraction of sp³-hybridized carbons (Fsp3) is 0.321. The molecular formula is C28H32N2O6. The molecule has 3 aromatic rings. The Kier molecular flexibility index (Phi) is 9.76. The molecule has 1 heterocycles. The van der Waals surface area contributed by atoms with Crippen molar-refractivity contribution in [1.82, 2.24) is 4.98 Å². The minimum Gasteiger partial charge on any atom is -0.493 e. The van der Waals surface area contributed by atoms with Gasteiger partial charge in [-0.2, -0.15) is 9.59 Å². The Bertz CT molecular complexity index is 1230. The number of methoxy groups -OCH3 is 2. The topological polar surface area (TPSA) is 95.0 Å². The molecule has 36 heavy (non-hydrogen) atoms. The molecule has 2 aromatic carbocycles. The van der Waals surface area contributed by atoms with Crippen molar-refractivity contribution >= 4 is 17.9 Å². The first-order valence-electron chi connectivity index (χ1n) is 11.3. The van der Waals surface area contributed by atoms with Gasteiger partial charge in [0.2, 0.25) is 0 Å². The number of amides is 1. The van der Waals surface area contributed by atoms with E-state index in [1.807, 2.05) is 52.0 Å². The van der Waals surface area contributed by atoms with Crippen LogP contribution in [0.25, 0.3) is 11.1 Å². The molecule has 0 aliphatic rings. The van der Waals surface area contributed by atoms with Crippen LogP contribution in [-0.4, -0.2) is 37.0 Å². The van der Waals surface area contributed by atoms with Crippen molar-refractivity contribution in [2.75, 3.05) is 19.1 Å². The average Bonchev–Trinajstić information content (AvgIpc) is 2.81. The number of benzene rings is 2. The molecule has 0 atom stereocenters. The second-order valence-corrected chi connectivity index (χ2v) is 9.02. The lowest BCUT2D eigenvalue weighted by Crippen LogP contribution is -2.37. The Balaban J connectivity index is 0.00000145. The first kappa shape index (κ1) is 28.1. The van der Waals surface area contributed by atoms with Crippen LogP contribution in [0, 0.1) is 13.8 Å². The average molecular weight is 493 g/mol. The Labute approximate surface area is 211 Å². The third-order valence-electron chi connectivity index (χ3n) is 5.12. The summed E-state index contributed by atoms with van der Waals surface area (Å²) in [6.45, 7) is 9.80. The highest BCUT2D eigenvalue weighted by Gasteiger charge is 2.26. The van der Waals surface area contributed by atoms with Crippen LogP contribution in [0.5, 0.6) is 11.5 Å². The molecule has 0 radical (unpaired) electrons. The molecular weight excluding hydrogens is 460 g/mol. The third kappa shape index (κ3) is 7.42. The number of hydrogen-bond donors (Lipinski definition) is 0. The van der Waals surface area contributed by atoms with E-state index in [2.05, 4.69) is 30.1 Å². The molecule has 0 fully saturated rings. The predicted octanol–water partition coefficient (Wildman–Crippen LogP) is 5.74. The lowest BCUT2D eigenvalue weighted by molar-refractivity contribution is -0.191. The van der Waals surface area contributed by atoms with E-state index in [-0.39, 0.29) is 12.7 Å². The number of carbonyl (C=O) groups is 1. The van der Waals surface area contributed by atoms with E-state index in [0.717, 1.165) is 22.3 Å². The van der Waals surface area contributed by atoms with E-state index in [1.165, 1.54) is 0 Å². The van der Waals surface area contributed by atoms with Gasteiger partial charge in [-0.1, -0.05) is 30.3 Å². The first-order chi connectivity index (χ1) is 17.0. The summed E-state index contributed by atoms with van der Waals surface area (Å²) in [6, 6.07) is 16.0. The monoisotopic (exact) mass is 492 g/mol. The number of aromatic nitrogens is 1. The van der Waals surface area contributed by atoms with Gasteiger partial charge in [-0.25, -0.2) is 4.79 Å². The SMILES string of the molecule is COc1ccnc(CN(C(=O)OC(C)(C)C)c2cc(C)cc(-c3ccccc3C)c2)c1OC.O=C=O. The zero-order valence-electron chi connectivity index (χ0n) is 21.7. The van der Waals surface area contributed by atoms with E-state index in [9.17, 15) is 4.79 Å². The van der Waals surface area contributed by atoms with Gasteiger partial charge in [-0.15, -0.1) is 0 Å². The summed E-state index contributed by atoms with van der Waals surface area (Å²) in [6.07, 6.45) is 1.43. The van der Waals surface area contributed by atoms with Crippen molar-refractivity contribution in [1.29, 1.82) is 0 Å². The predicted molar refractivity (Wildman–Crippen MR) is 136 cm³/mol. The number of ether oxygens (including phenoxy) is 3. The summed E-state index contributed by atoms with van der Waals surface area (Å²) in [5.41, 5.74) is 4.98. The number of aryl methyl sites for hydroxylation is 2. The van der Waals surface area contributed by atoms with Crippen LogP contribution in [0.2, 0.25) is 0 Å². The van der Waals surface area contributed by atoms with E-state index in [1.54, 1.807) is 31.4 Å². The maximum absolute atomic E-state index is 13.3. The molecule has 8 heteroatoms. The molecule has 0 unspecified atom stereocenters. The summed E-state index contributed by atoms with van der Waals surface area (Å²) in [5.74, 6) is 1.04. The fourth-order valence-corrected chi connectivity index (χ4v) is 3.66. The number of carbonyl (C=O) groups excluding carboxylic acids is 3. The zero-order chi connectivity index (χ0) is 26.9. The van der Waals surface area contributed by atoms with Gasteiger partial charge in [0.05, 0.1) is 20.8 Å². The van der Waals surface area contributed by atoms with Crippen molar-refractivity contribution in [2.24, 2.45) is 0 Å². The van der Waals surface area contributed by atoms with E-state index < -0.39 is 11.7 Å². The highest BCUT2D eigenvalue weighted by molar-refractivity contribution is 5.89. The Morgan fingerprint density at radius 2 is 1.67 bits per heavy atom. The van der Waals surface area contributed by atoms with Crippen LogP contribution in [0.3, 0.4) is 0 Å². The molecule has 0 aliphatic carbocycles. The molecule has 0 saturated heterocycles. The molecule has 0 bridgehead atoms. The molecule has 190 valence electrons. The maximum Gasteiger partial charge on any atom is 0.415 e. The number of nitrogens with zero attached hydrogens (tertiary/aromatic N) is 2. The minimum absolute atomic E-state index is 0.159. The molecule has 3 rings (SSSR count). The molecule has 1 amide bonds. The van der Waals surface area contributed by atoms with Gasteiger partial charge in [0, 0.05) is 18.0 Å². The van der Waals surface area contributed by atoms with E-state index >= 15 is 0 Å². The van der Waals surface area contributed by atoms with Gasteiger partial charge in [-0.3, -0.25) is 9.88 Å². The smallest absolute Gasteiger partial charge is 0.415 e. The standard InChI is InChI=1S/C27H32N2O4.CO2/c1-18-14-20(22-11-9-8-10-19(22)2)16-21(15-18)29(26(30)33-27(3,4)5)17-23-25(32-7)24(31-6)12-13-28-23;2-1-3/h8-16H,17H2,1-7H3;. The maximum atomic E-state index is 13.3. The summed E-state index contributed by atoms with van der Waals surface area (Å²) < 4.78 is 16.7. The molecule has 0 saturated carbocycles. The van der Waals surface area contributed by atoms with Crippen molar-refractivity contribution in [3.63, 3.8) is 0 Å². The summed E-state index contributed by atoms with van der Waals surface area (Å²) in [4.78, 5) is 35.7. The summed E-state index contributed by atoms with van der Waals surface area (Å²) >= 11 is 0. The molecule has 1 aromatic heterocycles. The van der Waals surface area contributed by atoms with E-state index in [4.69, 9.17) is 23.8 Å². The Morgan fingerprint density at radius 3 is 2.25 bits per heavy atom. The van der Waals surface area contributed by atoms with Crippen molar-refractivity contribution < 1.29 is 28.6 Å². The summed E-state index contributed by atoms with van der Waals surface area (Å²) in [7, 11) is 3.13. The lowest BCUT2D eigenvalue weighted by atomic mass is 9.98. The molecule has 0 N–H and O–H groups in total. The lowest BCUT2D eigenvalue weighted by Gasteiger charge is -2.28. The molecule has 0 spiro atoms. The van der Waals surface area contributed by atoms with Gasteiger partial charge in [-0.05, 0) is 69.0 Å². The second kappa shape index (κ2) is 12.5. The van der Waals surface area contributed by atoms with Crippen LogP contribution in [0.1, 0.15) is 37.6 Å². The number of anilines is 1. The number of pyridine rings is 1. The number of rotatable bonds is 6. The highest BCUT2D eigenvalue weighted by atomic mass is 16.6. The second-order valence-electron chi connectivity index (χ2n) is 9.02. The fourth-order valence-electron chi connectivity index (χ4n) is 3.66. The van der Waals surface area contributed by atoms with Crippen LogP contribution in [-0.2, 0) is 20.9 Å². The largest absolute Gasteiger partial charge is 0.493 e. The van der Waals surface area contributed by atoms with Crippen LogP contribution in [0.15, 0.2) is 54.7 Å². The van der Waals surface area contributed by atoms with Gasteiger partial charge in [0.1, 0.15) is 11.3 Å². The normalized spacial score (nSPS) is 10.4. The van der Waals surface area contributed by atoms with Crippen molar-refractivity contribution in [3.05, 3.63) is 71.5 Å². The van der Waals surface area contributed by atoms with Gasteiger partial charge >= 0.3 is 12.2 Å². The first-order valence-corrected chi connectivity index (χ1v) is 11.3. The summed E-state index contributed by atoms with van der Waals surface area (Å²) in [5, 5.41) is 0. The highest BCUT2D eigenvalue weighted by Crippen LogP contribution is 2.34. The van der Waals surface area contributed by atoms with Gasteiger partial charge in [0.25, 0.3) is 0 Å². The molecule has 8 nitrogen and oxygen atoms in total. The minimum atomic E-state index is -0.649. The Morgan fingerprint density at radius 1 is 1.00 bits per heavy atom. The van der Waals surface area contributed by atoms with Crippen molar-refractivity contribution in [2.45, 2.75) is 46.8 Å². The third-order valence-corrected chi connectivity index (χ3v) is 5.12. The quantitative estimate of drug-likeness (QED) is 0.433. The zero-order valence-corrected chi connectivity index (χ0v) is 21.7. The van der Waals surface area contributed by atoms with E-state index in [0.29, 0.717) is 22.9 Å². The Hall–Kier alpha value is -4.16. The van der Waals surface area contributed by atoms with Crippen LogP contribution in [0.4, 0.5) is 10.5 Å². The van der Waals surface area contributed by atoms with Gasteiger partial charge < -0.3 is 14.2 Å². The van der Waals surface area contributed by atoms with Gasteiger partial charge in [0.15, 0.2) is 11.5 Å². The van der Waals surface area contributed by atoms with Crippen LogP contribution < -0.4 is 14.4 Å². The van der Waals surface area contributed by atoms with Crippen molar-refractivity contribution in [3.8, 4) is 22.6 Å². The van der Waals surface area contributed by atoms with Crippen LogP contribution >= 0.6 is 0 Å². The number of hydrogen-bond acceptors (Lipinski definition) is 7.